The summed E-state index contributed by atoms with van der Waals surface area (Å²) in [6.07, 6.45) is -0.153. The van der Waals surface area contributed by atoms with E-state index in [0.29, 0.717) is 0 Å². The van der Waals surface area contributed by atoms with E-state index < -0.39 is 11.5 Å². The predicted molar refractivity (Wildman–Crippen MR) is 71.7 cm³/mol. The lowest BCUT2D eigenvalue weighted by Gasteiger charge is -2.29. The first-order valence-corrected chi connectivity index (χ1v) is 6.51. The molecule has 0 aliphatic heterocycles. The zero-order valence-electron chi connectivity index (χ0n) is 12.7. The second kappa shape index (κ2) is 4.78. The Bertz CT molecular complexity index is 375. The van der Waals surface area contributed by atoms with Crippen molar-refractivity contribution in [2.75, 3.05) is 13.7 Å². The second-order valence-electron chi connectivity index (χ2n) is 6.93. The molecule has 2 N–H and O–H groups in total. The van der Waals surface area contributed by atoms with Crippen LogP contribution in [0.25, 0.3) is 0 Å². The number of rotatable bonds is 6. The topological polar surface area (TPSA) is 75.6 Å². The summed E-state index contributed by atoms with van der Waals surface area (Å²) in [5, 5.41) is 11.8. The van der Waals surface area contributed by atoms with Crippen molar-refractivity contribution < 1.29 is 19.4 Å². The van der Waals surface area contributed by atoms with Crippen LogP contribution in [0.1, 0.15) is 41.0 Å². The number of amides is 1. The molecule has 19 heavy (non-hydrogen) atoms. The number of methoxy groups -OCH3 is 1. The summed E-state index contributed by atoms with van der Waals surface area (Å²) in [5.74, 6) is -1.13. The van der Waals surface area contributed by atoms with Gasteiger partial charge in [0.15, 0.2) is 0 Å². The highest BCUT2D eigenvalue weighted by Crippen LogP contribution is 2.68. The maximum Gasteiger partial charge on any atom is 0.305 e. The maximum atomic E-state index is 12.3. The average Bonchev–Trinajstić information content (AvgIpc) is 2.54. The molecule has 1 amide bonds. The third kappa shape index (κ3) is 2.91. The minimum absolute atomic E-state index is 0.0612. The van der Waals surface area contributed by atoms with E-state index in [4.69, 9.17) is 9.84 Å². The average molecular weight is 271 g/mol. The molecule has 0 bridgehead atoms. The normalized spacial score (nSPS) is 23.5. The van der Waals surface area contributed by atoms with E-state index in [1.165, 1.54) is 7.11 Å². The molecule has 0 aromatic heterocycles. The number of nitrogens with one attached hydrogen (secondary N) is 1. The lowest BCUT2D eigenvalue weighted by Crippen LogP contribution is -2.51. The van der Waals surface area contributed by atoms with E-state index in [-0.39, 0.29) is 35.7 Å². The first-order valence-electron chi connectivity index (χ1n) is 6.51. The predicted octanol–water partition coefficient (Wildman–Crippen LogP) is 1.66. The van der Waals surface area contributed by atoms with Crippen molar-refractivity contribution in [3.05, 3.63) is 0 Å². The summed E-state index contributed by atoms with van der Waals surface area (Å²) in [6.45, 7) is 10.1. The van der Waals surface area contributed by atoms with Crippen molar-refractivity contribution in [1.29, 1.82) is 0 Å². The number of carboxylic acid groups (broad SMARTS) is 1. The van der Waals surface area contributed by atoms with Crippen LogP contribution in [0.4, 0.5) is 0 Å². The molecule has 0 heterocycles. The van der Waals surface area contributed by atoms with Crippen LogP contribution in [-0.2, 0) is 14.3 Å². The molecule has 1 aliphatic rings. The van der Waals surface area contributed by atoms with E-state index in [2.05, 4.69) is 33.0 Å². The number of aliphatic carboxylic acids is 1. The van der Waals surface area contributed by atoms with Gasteiger partial charge in [-0.25, -0.2) is 0 Å². The van der Waals surface area contributed by atoms with Crippen LogP contribution in [0.3, 0.4) is 0 Å². The Kier molecular flexibility index (Phi) is 4.01. The van der Waals surface area contributed by atoms with Crippen molar-refractivity contribution in [3.8, 4) is 0 Å². The fourth-order valence-electron chi connectivity index (χ4n) is 3.01. The SMILES string of the molecule is COC[C@](C)(CC(=O)O)NC(=O)C1C(C)(C)C1(C)C. The standard InChI is InChI=1S/C14H25NO4/c1-12(2)10(13(12,3)4)11(18)15-14(5,8-19-6)7-9(16)17/h10H,7-8H2,1-6H3,(H,15,18)(H,16,17)/t14-/m0/s1. The smallest absolute Gasteiger partial charge is 0.305 e. The van der Waals surface area contributed by atoms with Crippen LogP contribution in [0, 0.1) is 16.7 Å². The molecule has 1 fully saturated rings. The molecule has 0 radical (unpaired) electrons. The van der Waals surface area contributed by atoms with Crippen molar-refractivity contribution >= 4 is 11.9 Å². The fraction of sp³-hybridized carbons (Fsp3) is 0.857. The van der Waals surface area contributed by atoms with Gasteiger partial charge in [0.1, 0.15) is 0 Å². The molecule has 1 atom stereocenters. The zero-order valence-corrected chi connectivity index (χ0v) is 12.7. The van der Waals surface area contributed by atoms with Gasteiger partial charge in [-0.2, -0.15) is 0 Å². The maximum absolute atomic E-state index is 12.3. The molecule has 110 valence electrons. The molecule has 5 nitrogen and oxygen atoms in total. The van der Waals surface area contributed by atoms with E-state index >= 15 is 0 Å². The highest BCUT2D eigenvalue weighted by Gasteiger charge is 2.68. The van der Waals surface area contributed by atoms with Gasteiger partial charge in [-0.05, 0) is 17.8 Å². The number of carboxylic acids is 1. The third-order valence-corrected chi connectivity index (χ3v) is 4.71. The summed E-state index contributed by atoms with van der Waals surface area (Å²) in [7, 11) is 1.50. The molecule has 0 aromatic carbocycles. The Balaban J connectivity index is 2.76. The molecule has 0 aromatic rings. The lowest BCUT2D eigenvalue weighted by atomic mass is 9.98. The number of hydrogen-bond acceptors (Lipinski definition) is 3. The van der Waals surface area contributed by atoms with Crippen LogP contribution in [0.5, 0.6) is 0 Å². The largest absolute Gasteiger partial charge is 0.481 e. The summed E-state index contributed by atoms with van der Waals surface area (Å²) in [4.78, 5) is 23.3. The van der Waals surface area contributed by atoms with Crippen LogP contribution in [0.2, 0.25) is 0 Å². The minimum atomic E-state index is -0.950. The number of carbonyl (C=O) groups is 2. The van der Waals surface area contributed by atoms with E-state index in [0.717, 1.165) is 0 Å². The van der Waals surface area contributed by atoms with Crippen molar-refractivity contribution in [1.82, 2.24) is 5.32 Å². The Labute approximate surface area is 114 Å². The Morgan fingerprint density at radius 2 is 1.74 bits per heavy atom. The summed E-state index contributed by atoms with van der Waals surface area (Å²) >= 11 is 0. The van der Waals surface area contributed by atoms with E-state index in [1.54, 1.807) is 6.92 Å². The van der Waals surface area contributed by atoms with Gasteiger partial charge in [0.25, 0.3) is 0 Å². The lowest BCUT2D eigenvalue weighted by molar-refractivity contribution is -0.139. The van der Waals surface area contributed by atoms with Gasteiger partial charge in [0.05, 0.1) is 18.6 Å². The molecular weight excluding hydrogens is 246 g/mol. The van der Waals surface area contributed by atoms with Crippen molar-refractivity contribution in [2.24, 2.45) is 16.7 Å². The van der Waals surface area contributed by atoms with Crippen LogP contribution in [-0.4, -0.2) is 36.2 Å². The number of carbonyl (C=O) groups excluding carboxylic acids is 1. The Morgan fingerprint density at radius 1 is 1.26 bits per heavy atom. The molecule has 1 aliphatic carbocycles. The van der Waals surface area contributed by atoms with E-state index in [1.807, 2.05) is 0 Å². The van der Waals surface area contributed by atoms with Gasteiger partial charge in [0, 0.05) is 13.0 Å². The first-order chi connectivity index (χ1) is 8.48. The van der Waals surface area contributed by atoms with Crippen molar-refractivity contribution in [3.63, 3.8) is 0 Å². The summed E-state index contributed by atoms with van der Waals surface area (Å²) < 4.78 is 5.03. The summed E-state index contributed by atoms with van der Waals surface area (Å²) in [6, 6.07) is 0. The molecular formula is C14H25NO4. The van der Waals surface area contributed by atoms with Gasteiger partial charge in [-0.15, -0.1) is 0 Å². The molecule has 1 rings (SSSR count). The molecule has 1 saturated carbocycles. The number of hydrogen-bond donors (Lipinski definition) is 2. The van der Waals surface area contributed by atoms with Gasteiger partial charge < -0.3 is 15.2 Å². The third-order valence-electron chi connectivity index (χ3n) is 4.71. The quantitative estimate of drug-likeness (QED) is 0.770. The highest BCUT2D eigenvalue weighted by atomic mass is 16.5. The summed E-state index contributed by atoms with van der Waals surface area (Å²) in [5.41, 5.74) is -0.991. The van der Waals surface area contributed by atoms with Gasteiger partial charge >= 0.3 is 5.97 Å². The number of ether oxygens (including phenoxy) is 1. The van der Waals surface area contributed by atoms with Gasteiger partial charge in [-0.1, -0.05) is 27.7 Å². The van der Waals surface area contributed by atoms with Gasteiger partial charge in [-0.3, -0.25) is 9.59 Å². The van der Waals surface area contributed by atoms with Crippen LogP contribution < -0.4 is 5.32 Å². The highest BCUT2D eigenvalue weighted by molar-refractivity contribution is 5.85. The zero-order chi connectivity index (χ0) is 15.1. The van der Waals surface area contributed by atoms with Crippen LogP contribution >= 0.6 is 0 Å². The van der Waals surface area contributed by atoms with E-state index in [9.17, 15) is 9.59 Å². The Morgan fingerprint density at radius 3 is 2.05 bits per heavy atom. The monoisotopic (exact) mass is 271 g/mol. The van der Waals surface area contributed by atoms with Gasteiger partial charge in [0.2, 0.25) is 5.91 Å². The molecule has 0 saturated heterocycles. The first kappa shape index (κ1) is 16.0. The Hall–Kier alpha value is -1.10. The fourth-order valence-corrected chi connectivity index (χ4v) is 3.01. The molecule has 5 heteroatoms. The molecule has 0 spiro atoms. The molecule has 0 unspecified atom stereocenters. The van der Waals surface area contributed by atoms with Crippen molar-refractivity contribution in [2.45, 2.75) is 46.6 Å². The minimum Gasteiger partial charge on any atom is -0.481 e. The second-order valence-corrected chi connectivity index (χ2v) is 6.93. The van der Waals surface area contributed by atoms with Crippen LogP contribution in [0.15, 0.2) is 0 Å².